The molecule has 2 aliphatic rings. The molecule has 24 heavy (non-hydrogen) atoms. The van der Waals surface area contributed by atoms with Crippen LogP contribution >= 0.6 is 0 Å². The molecule has 0 bridgehead atoms. The van der Waals surface area contributed by atoms with E-state index < -0.39 is 5.60 Å². The second-order valence-electron chi connectivity index (χ2n) is 6.89. The highest BCUT2D eigenvalue weighted by atomic mass is 16.5. The third-order valence-electron chi connectivity index (χ3n) is 5.70. The number of hydrogen-bond acceptors (Lipinski definition) is 5. The molecule has 0 unspecified atom stereocenters. The predicted octanol–water partition coefficient (Wildman–Crippen LogP) is 2.90. The van der Waals surface area contributed by atoms with Crippen molar-refractivity contribution in [2.24, 2.45) is 5.92 Å². The number of piperidine rings is 1. The van der Waals surface area contributed by atoms with Gasteiger partial charge in [-0.2, -0.15) is 5.26 Å². The molecule has 1 heterocycles. The minimum absolute atomic E-state index is 0.0197. The third kappa shape index (κ3) is 2.97. The SMILES string of the molecule is COc1ccc(OC)c([C@@H]2[C@H]3CCCC[C@]3(O)CCN2CC#N)c1. The lowest BCUT2D eigenvalue weighted by molar-refractivity contribution is -0.122. The maximum Gasteiger partial charge on any atom is 0.123 e. The zero-order valence-electron chi connectivity index (χ0n) is 14.5. The average molecular weight is 330 g/mol. The molecule has 0 radical (unpaired) electrons. The molecular formula is C19H26N2O3. The molecule has 1 saturated heterocycles. The lowest BCUT2D eigenvalue weighted by Crippen LogP contribution is -2.54. The Morgan fingerprint density at radius 3 is 2.83 bits per heavy atom. The average Bonchev–Trinajstić information content (AvgIpc) is 2.61. The van der Waals surface area contributed by atoms with Crippen molar-refractivity contribution in [2.45, 2.75) is 43.7 Å². The number of ether oxygens (including phenoxy) is 2. The molecule has 1 aliphatic carbocycles. The molecule has 0 spiro atoms. The molecule has 0 amide bonds. The smallest absolute Gasteiger partial charge is 0.123 e. The van der Waals surface area contributed by atoms with Crippen LogP contribution in [0.15, 0.2) is 18.2 Å². The van der Waals surface area contributed by atoms with Crippen molar-refractivity contribution in [1.29, 1.82) is 5.26 Å². The van der Waals surface area contributed by atoms with Crippen LogP contribution in [-0.2, 0) is 0 Å². The Balaban J connectivity index is 2.07. The van der Waals surface area contributed by atoms with E-state index in [2.05, 4.69) is 11.0 Å². The Morgan fingerprint density at radius 2 is 2.12 bits per heavy atom. The van der Waals surface area contributed by atoms with Crippen molar-refractivity contribution in [3.05, 3.63) is 23.8 Å². The largest absolute Gasteiger partial charge is 0.497 e. The lowest BCUT2D eigenvalue weighted by Gasteiger charge is -2.52. The third-order valence-corrected chi connectivity index (χ3v) is 5.70. The van der Waals surface area contributed by atoms with Crippen LogP contribution in [0.25, 0.3) is 0 Å². The zero-order valence-corrected chi connectivity index (χ0v) is 14.5. The molecule has 130 valence electrons. The Labute approximate surface area is 143 Å². The van der Waals surface area contributed by atoms with Crippen LogP contribution in [-0.4, -0.2) is 42.9 Å². The first-order valence-corrected chi connectivity index (χ1v) is 8.68. The van der Waals surface area contributed by atoms with E-state index in [0.29, 0.717) is 6.54 Å². The number of methoxy groups -OCH3 is 2. The van der Waals surface area contributed by atoms with Gasteiger partial charge in [0, 0.05) is 24.1 Å². The molecule has 1 N–H and O–H groups in total. The summed E-state index contributed by atoms with van der Waals surface area (Å²) in [5.74, 6) is 1.68. The Hall–Kier alpha value is -1.77. The molecule has 3 rings (SSSR count). The number of hydrogen-bond donors (Lipinski definition) is 1. The van der Waals surface area contributed by atoms with Crippen LogP contribution in [0.1, 0.15) is 43.7 Å². The summed E-state index contributed by atoms with van der Waals surface area (Å²) >= 11 is 0. The van der Waals surface area contributed by atoms with E-state index in [1.165, 1.54) is 0 Å². The number of nitriles is 1. The molecule has 1 aromatic carbocycles. The van der Waals surface area contributed by atoms with Crippen molar-refractivity contribution in [2.75, 3.05) is 27.3 Å². The first-order valence-electron chi connectivity index (χ1n) is 8.68. The summed E-state index contributed by atoms with van der Waals surface area (Å²) in [6.45, 7) is 1.09. The van der Waals surface area contributed by atoms with Crippen LogP contribution in [0.3, 0.4) is 0 Å². The predicted molar refractivity (Wildman–Crippen MR) is 91.0 cm³/mol. The number of nitrogens with zero attached hydrogens (tertiary/aromatic N) is 2. The maximum atomic E-state index is 11.2. The van der Waals surface area contributed by atoms with E-state index in [4.69, 9.17) is 9.47 Å². The number of likely N-dealkylation sites (tertiary alicyclic amines) is 1. The van der Waals surface area contributed by atoms with Crippen molar-refractivity contribution < 1.29 is 14.6 Å². The summed E-state index contributed by atoms with van der Waals surface area (Å²) in [6.07, 6.45) is 4.76. The fourth-order valence-corrected chi connectivity index (χ4v) is 4.49. The van der Waals surface area contributed by atoms with Gasteiger partial charge < -0.3 is 14.6 Å². The molecule has 0 aromatic heterocycles. The van der Waals surface area contributed by atoms with Crippen LogP contribution in [0.4, 0.5) is 0 Å². The number of fused-ring (bicyclic) bond motifs is 1. The summed E-state index contributed by atoms with van der Waals surface area (Å²) in [4.78, 5) is 2.18. The summed E-state index contributed by atoms with van der Waals surface area (Å²) in [5.41, 5.74) is 0.375. The van der Waals surface area contributed by atoms with Crippen molar-refractivity contribution in [3.63, 3.8) is 0 Å². The van der Waals surface area contributed by atoms with Gasteiger partial charge in [0.25, 0.3) is 0 Å². The molecule has 5 heteroatoms. The first kappa shape index (κ1) is 17.1. The van der Waals surface area contributed by atoms with Gasteiger partial charge >= 0.3 is 0 Å². The van der Waals surface area contributed by atoms with Gasteiger partial charge in [-0.1, -0.05) is 12.8 Å². The number of benzene rings is 1. The van der Waals surface area contributed by atoms with Gasteiger partial charge in [-0.25, -0.2) is 0 Å². The molecular weight excluding hydrogens is 304 g/mol. The minimum atomic E-state index is -0.636. The Morgan fingerprint density at radius 1 is 1.29 bits per heavy atom. The number of rotatable bonds is 4. The van der Waals surface area contributed by atoms with E-state index in [-0.39, 0.29) is 12.0 Å². The van der Waals surface area contributed by atoms with Gasteiger partial charge in [0.15, 0.2) is 0 Å². The first-order chi connectivity index (χ1) is 11.6. The van der Waals surface area contributed by atoms with Crippen LogP contribution in [0.5, 0.6) is 11.5 Å². The van der Waals surface area contributed by atoms with E-state index >= 15 is 0 Å². The summed E-state index contributed by atoms with van der Waals surface area (Å²) in [7, 11) is 3.31. The number of aliphatic hydroxyl groups is 1. The monoisotopic (exact) mass is 330 g/mol. The molecule has 2 fully saturated rings. The standard InChI is InChI=1S/C19H26N2O3/c1-23-14-6-7-17(24-2)15(13-14)18-16-5-3-4-8-19(16,22)9-11-21(18)12-10-20/h6-7,13,16,18,22H,3-5,8-9,11-12H2,1-2H3/t16-,18-,19+/m1/s1. The molecule has 1 saturated carbocycles. The molecule has 1 aliphatic heterocycles. The second kappa shape index (κ2) is 7.00. The highest BCUT2D eigenvalue weighted by Gasteiger charge is 2.49. The molecule has 3 atom stereocenters. The van der Waals surface area contributed by atoms with Gasteiger partial charge in [0.05, 0.1) is 32.4 Å². The van der Waals surface area contributed by atoms with Gasteiger partial charge in [-0.15, -0.1) is 0 Å². The summed E-state index contributed by atoms with van der Waals surface area (Å²) in [6, 6.07) is 8.05. The van der Waals surface area contributed by atoms with Gasteiger partial charge in [-0.3, -0.25) is 4.90 Å². The van der Waals surface area contributed by atoms with E-state index in [1.54, 1.807) is 14.2 Å². The highest BCUT2D eigenvalue weighted by Crippen LogP contribution is 2.51. The Bertz CT molecular complexity index is 628. The van der Waals surface area contributed by atoms with Gasteiger partial charge in [0.1, 0.15) is 11.5 Å². The summed E-state index contributed by atoms with van der Waals surface area (Å²) in [5, 5.41) is 20.5. The highest BCUT2D eigenvalue weighted by molar-refractivity contribution is 5.43. The van der Waals surface area contributed by atoms with E-state index in [9.17, 15) is 10.4 Å². The fourth-order valence-electron chi connectivity index (χ4n) is 4.49. The van der Waals surface area contributed by atoms with E-state index in [1.807, 2.05) is 18.2 Å². The lowest BCUT2D eigenvalue weighted by atomic mass is 9.66. The second-order valence-corrected chi connectivity index (χ2v) is 6.89. The van der Waals surface area contributed by atoms with E-state index in [0.717, 1.165) is 55.7 Å². The Kier molecular flexibility index (Phi) is 4.98. The van der Waals surface area contributed by atoms with Crippen LogP contribution in [0, 0.1) is 17.2 Å². The quantitative estimate of drug-likeness (QED) is 0.860. The topological polar surface area (TPSA) is 65.7 Å². The van der Waals surface area contributed by atoms with Crippen LogP contribution < -0.4 is 9.47 Å². The fraction of sp³-hybridized carbons (Fsp3) is 0.632. The normalized spacial score (nSPS) is 30.2. The molecule has 5 nitrogen and oxygen atoms in total. The van der Waals surface area contributed by atoms with Crippen LogP contribution in [0.2, 0.25) is 0 Å². The molecule has 1 aromatic rings. The van der Waals surface area contributed by atoms with Gasteiger partial charge in [-0.05, 0) is 37.5 Å². The van der Waals surface area contributed by atoms with Crippen molar-refractivity contribution >= 4 is 0 Å². The van der Waals surface area contributed by atoms with Gasteiger partial charge in [0.2, 0.25) is 0 Å². The summed E-state index contributed by atoms with van der Waals surface area (Å²) < 4.78 is 11.0. The zero-order chi connectivity index (χ0) is 17.2. The minimum Gasteiger partial charge on any atom is -0.497 e. The van der Waals surface area contributed by atoms with Crippen molar-refractivity contribution in [3.8, 4) is 17.6 Å². The maximum absolute atomic E-state index is 11.2. The van der Waals surface area contributed by atoms with Crippen molar-refractivity contribution in [1.82, 2.24) is 4.90 Å².